The Hall–Kier alpha value is 0.150. The molecule has 0 amide bonds. The zero-order valence-corrected chi connectivity index (χ0v) is 13.3. The van der Waals surface area contributed by atoms with Crippen molar-refractivity contribution in [3.05, 3.63) is 0 Å². The second kappa shape index (κ2) is 7.56. The van der Waals surface area contributed by atoms with E-state index in [-0.39, 0.29) is 11.0 Å². The Morgan fingerprint density at radius 1 is 1.53 bits per heavy atom. The van der Waals surface area contributed by atoms with Gasteiger partial charge in [-0.3, -0.25) is 0 Å². The summed E-state index contributed by atoms with van der Waals surface area (Å²) in [5.41, 5.74) is 5.49. The molecule has 0 saturated heterocycles. The maximum atomic E-state index is 12.3. The number of hydrogen-bond acceptors (Lipinski definition) is 4. The fraction of sp³-hybridized carbons (Fsp3) is 0.900. The van der Waals surface area contributed by atoms with Crippen LogP contribution in [0.3, 0.4) is 0 Å². The van der Waals surface area contributed by atoms with E-state index < -0.39 is 15.3 Å². The third-order valence-electron chi connectivity index (χ3n) is 2.81. The summed E-state index contributed by atoms with van der Waals surface area (Å²) in [6, 6.07) is -0.0316. The van der Waals surface area contributed by atoms with Crippen molar-refractivity contribution in [2.45, 2.75) is 38.0 Å². The molecule has 0 aromatic rings. The molecule has 0 aliphatic carbocycles. The van der Waals surface area contributed by atoms with Crippen molar-refractivity contribution < 1.29 is 8.42 Å². The van der Waals surface area contributed by atoms with Gasteiger partial charge in [-0.15, -0.1) is 0 Å². The van der Waals surface area contributed by atoms with Crippen molar-refractivity contribution >= 4 is 39.0 Å². The summed E-state index contributed by atoms with van der Waals surface area (Å²) in [5, 5.41) is -0.751. The smallest absolute Gasteiger partial charge is 0.223 e. The molecule has 0 bridgehead atoms. The van der Waals surface area contributed by atoms with Crippen molar-refractivity contribution in [1.82, 2.24) is 4.31 Å². The first-order chi connectivity index (χ1) is 7.78. The molecule has 2 unspecified atom stereocenters. The van der Waals surface area contributed by atoms with Crippen LogP contribution in [0.4, 0.5) is 0 Å². The summed E-state index contributed by atoms with van der Waals surface area (Å²) in [7, 11) is -1.82. The minimum absolute atomic E-state index is 0.0316. The maximum absolute atomic E-state index is 12.3. The highest BCUT2D eigenvalue weighted by Crippen LogP contribution is 2.16. The Bertz CT molecular complexity index is 343. The Balaban J connectivity index is 4.85. The van der Waals surface area contributed by atoms with Gasteiger partial charge in [-0.25, -0.2) is 12.7 Å². The second-order valence-electron chi connectivity index (χ2n) is 3.99. The van der Waals surface area contributed by atoms with Crippen LogP contribution in [0, 0.1) is 0 Å². The van der Waals surface area contributed by atoms with Crippen LogP contribution in [0.15, 0.2) is 0 Å². The van der Waals surface area contributed by atoms with E-state index in [9.17, 15) is 8.42 Å². The van der Waals surface area contributed by atoms with Gasteiger partial charge in [0.2, 0.25) is 10.0 Å². The molecular weight excluding hydrogens is 276 g/mol. The number of hydrogen-bond donors (Lipinski definition) is 1. The van der Waals surface area contributed by atoms with Gasteiger partial charge in [0.1, 0.15) is 5.25 Å². The molecule has 0 spiro atoms. The lowest BCUT2D eigenvalue weighted by atomic mass is 10.3. The Kier molecular flexibility index (Phi) is 7.62. The van der Waals surface area contributed by atoms with Crippen LogP contribution in [-0.4, -0.2) is 48.1 Å². The van der Waals surface area contributed by atoms with Gasteiger partial charge in [-0.1, -0.05) is 19.1 Å². The molecule has 0 aromatic heterocycles. The van der Waals surface area contributed by atoms with E-state index >= 15 is 0 Å². The van der Waals surface area contributed by atoms with Crippen molar-refractivity contribution in [3.63, 3.8) is 0 Å². The second-order valence-corrected chi connectivity index (χ2v) is 7.62. The maximum Gasteiger partial charge on any atom is 0.223 e. The number of nitrogens with zero attached hydrogens (tertiary/aromatic N) is 1. The highest BCUT2D eigenvalue weighted by Gasteiger charge is 2.32. The molecule has 2 atom stereocenters. The van der Waals surface area contributed by atoms with Crippen LogP contribution in [0.2, 0.25) is 0 Å². The van der Waals surface area contributed by atoms with Crippen LogP contribution in [0.5, 0.6) is 0 Å². The molecule has 7 heteroatoms. The predicted octanol–water partition coefficient (Wildman–Crippen LogP) is 1.45. The topological polar surface area (TPSA) is 63.4 Å². The number of rotatable bonds is 8. The molecule has 0 aliphatic heterocycles. The van der Waals surface area contributed by atoms with Gasteiger partial charge in [0, 0.05) is 13.1 Å². The van der Waals surface area contributed by atoms with E-state index in [4.69, 9.17) is 18.0 Å². The largest absolute Gasteiger partial charge is 0.392 e. The molecule has 4 nitrogen and oxygen atoms in total. The summed E-state index contributed by atoms with van der Waals surface area (Å²) in [4.78, 5) is 0.0522. The average Bonchev–Trinajstić information content (AvgIpc) is 2.24. The average molecular weight is 298 g/mol. The third-order valence-corrected chi connectivity index (χ3v) is 6.36. The molecule has 0 aliphatic rings. The van der Waals surface area contributed by atoms with Crippen LogP contribution in [0.25, 0.3) is 0 Å². The summed E-state index contributed by atoms with van der Waals surface area (Å²) in [6.45, 7) is 3.68. The van der Waals surface area contributed by atoms with E-state index in [1.165, 1.54) is 4.31 Å². The molecule has 0 heterocycles. The Labute approximate surface area is 114 Å². The van der Waals surface area contributed by atoms with Gasteiger partial charge < -0.3 is 5.73 Å². The van der Waals surface area contributed by atoms with E-state index in [0.29, 0.717) is 6.42 Å². The quantitative estimate of drug-likeness (QED) is 0.687. The SMILES string of the molecule is CCC(C(N)=S)S(=O)(=O)N(C)C(C)CCSC. The summed E-state index contributed by atoms with van der Waals surface area (Å²) in [6.07, 6.45) is 3.24. The molecule has 0 fully saturated rings. The Morgan fingerprint density at radius 2 is 2.06 bits per heavy atom. The van der Waals surface area contributed by atoms with Crippen LogP contribution < -0.4 is 5.73 Å². The van der Waals surface area contributed by atoms with Crippen LogP contribution in [0.1, 0.15) is 26.7 Å². The summed E-state index contributed by atoms with van der Waals surface area (Å²) < 4.78 is 25.9. The first-order valence-corrected chi connectivity index (χ1v) is 8.84. The van der Waals surface area contributed by atoms with Crippen molar-refractivity contribution in [2.24, 2.45) is 5.73 Å². The zero-order valence-electron chi connectivity index (χ0n) is 10.8. The number of nitrogens with two attached hydrogens (primary N) is 1. The molecule has 0 radical (unpaired) electrons. The predicted molar refractivity (Wildman–Crippen MR) is 80.0 cm³/mol. The van der Waals surface area contributed by atoms with E-state index in [2.05, 4.69) is 0 Å². The zero-order chi connectivity index (χ0) is 13.6. The van der Waals surface area contributed by atoms with Gasteiger partial charge in [0.15, 0.2) is 0 Å². The van der Waals surface area contributed by atoms with E-state index in [0.717, 1.165) is 12.2 Å². The fourth-order valence-electron chi connectivity index (χ4n) is 1.48. The fourth-order valence-corrected chi connectivity index (χ4v) is 4.31. The van der Waals surface area contributed by atoms with Gasteiger partial charge in [-0.05, 0) is 31.8 Å². The van der Waals surface area contributed by atoms with Crippen molar-refractivity contribution in [2.75, 3.05) is 19.1 Å². The molecular formula is C10H22N2O2S3. The third kappa shape index (κ3) is 4.73. The molecule has 0 aromatic carbocycles. The van der Waals surface area contributed by atoms with E-state index in [1.807, 2.05) is 13.2 Å². The number of sulfonamides is 1. The molecule has 0 saturated carbocycles. The molecule has 17 heavy (non-hydrogen) atoms. The lowest BCUT2D eigenvalue weighted by Crippen LogP contribution is -2.46. The molecule has 0 rings (SSSR count). The summed E-state index contributed by atoms with van der Waals surface area (Å²) in [5.74, 6) is 0.935. The van der Waals surface area contributed by atoms with E-state index in [1.54, 1.807) is 25.7 Å². The number of thiocarbonyl (C=S) groups is 1. The first-order valence-electron chi connectivity index (χ1n) is 5.54. The van der Waals surface area contributed by atoms with Crippen LogP contribution >= 0.6 is 24.0 Å². The summed E-state index contributed by atoms with van der Waals surface area (Å²) >= 11 is 6.53. The minimum Gasteiger partial charge on any atom is -0.392 e. The first kappa shape index (κ1) is 17.2. The normalized spacial score (nSPS) is 15.8. The van der Waals surface area contributed by atoms with Gasteiger partial charge in [0.25, 0.3) is 0 Å². The standard InChI is InChI=1S/C10H22N2O2S3/c1-5-9(10(11)15)17(13,14)12(3)8(2)6-7-16-4/h8-9H,5-7H2,1-4H3,(H2,11,15). The van der Waals surface area contributed by atoms with Crippen LogP contribution in [-0.2, 0) is 10.0 Å². The van der Waals surface area contributed by atoms with Gasteiger partial charge in [-0.2, -0.15) is 11.8 Å². The van der Waals surface area contributed by atoms with Crippen molar-refractivity contribution in [1.29, 1.82) is 0 Å². The molecule has 2 N–H and O–H groups in total. The highest BCUT2D eigenvalue weighted by molar-refractivity contribution is 7.98. The number of thioether (sulfide) groups is 1. The highest BCUT2D eigenvalue weighted by atomic mass is 32.2. The monoisotopic (exact) mass is 298 g/mol. The van der Waals surface area contributed by atoms with Gasteiger partial charge in [0.05, 0.1) is 4.99 Å². The Morgan fingerprint density at radius 3 is 2.41 bits per heavy atom. The minimum atomic E-state index is -3.42. The van der Waals surface area contributed by atoms with Gasteiger partial charge >= 0.3 is 0 Å². The molecule has 102 valence electrons. The lowest BCUT2D eigenvalue weighted by molar-refractivity contribution is 0.379. The lowest BCUT2D eigenvalue weighted by Gasteiger charge is -2.28. The van der Waals surface area contributed by atoms with Crippen molar-refractivity contribution in [3.8, 4) is 0 Å².